The number of nitrogens with zero attached hydrogens (tertiary/aromatic N) is 1. The molecule has 1 aliphatic rings. The molecule has 140 valence electrons. The Morgan fingerprint density at radius 1 is 1.11 bits per heavy atom. The van der Waals surface area contributed by atoms with E-state index in [1.165, 1.54) is 0 Å². The van der Waals surface area contributed by atoms with Crippen LogP contribution in [0.3, 0.4) is 0 Å². The minimum Gasteiger partial charge on any atom is -0.354 e. The number of carbonyl (C=O) groups excluding carboxylic acids is 3. The van der Waals surface area contributed by atoms with Crippen LogP contribution in [0.25, 0.3) is 0 Å². The van der Waals surface area contributed by atoms with E-state index in [0.717, 1.165) is 5.56 Å². The molecule has 0 saturated carbocycles. The number of para-hydroxylation sites is 1. The van der Waals surface area contributed by atoms with Crippen LogP contribution < -0.4 is 16.0 Å². The molecule has 1 heterocycles. The predicted molar refractivity (Wildman–Crippen MR) is 104 cm³/mol. The topological polar surface area (TPSA) is 90.5 Å². The Kier molecular flexibility index (Phi) is 5.83. The Balaban J connectivity index is 1.67. The maximum atomic E-state index is 12.6. The molecule has 27 heavy (non-hydrogen) atoms. The maximum Gasteiger partial charge on any atom is 0.257 e. The average molecular weight is 366 g/mol. The summed E-state index contributed by atoms with van der Waals surface area (Å²) in [6.07, 6.45) is 0. The van der Waals surface area contributed by atoms with Crippen LogP contribution >= 0.6 is 0 Å². The zero-order chi connectivity index (χ0) is 19.2. The molecular weight excluding hydrogens is 344 g/mol. The predicted octanol–water partition coefficient (Wildman–Crippen LogP) is 1.62. The van der Waals surface area contributed by atoms with E-state index in [-0.39, 0.29) is 30.8 Å². The molecule has 1 saturated heterocycles. The van der Waals surface area contributed by atoms with Crippen molar-refractivity contribution in [3.63, 3.8) is 0 Å². The van der Waals surface area contributed by atoms with E-state index in [2.05, 4.69) is 16.0 Å². The minimum absolute atomic E-state index is 0.0908. The zero-order valence-electron chi connectivity index (χ0n) is 15.1. The van der Waals surface area contributed by atoms with Crippen molar-refractivity contribution in [1.82, 2.24) is 10.2 Å². The molecule has 7 nitrogen and oxygen atoms in total. The fourth-order valence-corrected chi connectivity index (χ4v) is 2.93. The number of anilines is 2. The van der Waals surface area contributed by atoms with Crippen molar-refractivity contribution in [2.24, 2.45) is 0 Å². The van der Waals surface area contributed by atoms with Gasteiger partial charge >= 0.3 is 0 Å². The normalized spacial score (nSPS) is 14.3. The van der Waals surface area contributed by atoms with Gasteiger partial charge in [0.15, 0.2) is 0 Å². The van der Waals surface area contributed by atoms with Gasteiger partial charge in [-0.2, -0.15) is 0 Å². The molecule has 3 rings (SSSR count). The highest BCUT2D eigenvalue weighted by molar-refractivity contribution is 6.10. The van der Waals surface area contributed by atoms with Crippen LogP contribution in [0.4, 0.5) is 11.4 Å². The fourth-order valence-electron chi connectivity index (χ4n) is 2.93. The van der Waals surface area contributed by atoms with Gasteiger partial charge in [-0.1, -0.05) is 24.3 Å². The van der Waals surface area contributed by atoms with E-state index in [0.29, 0.717) is 30.0 Å². The SMILES string of the molecule is Cc1cccc(NC(=O)c2ccccc2NC(=O)CN2CCNC(=O)C2)c1. The van der Waals surface area contributed by atoms with Gasteiger partial charge in [0.05, 0.1) is 24.3 Å². The summed E-state index contributed by atoms with van der Waals surface area (Å²) in [6.45, 7) is 3.39. The number of nitrogens with one attached hydrogen (secondary N) is 3. The van der Waals surface area contributed by atoms with Crippen molar-refractivity contribution in [1.29, 1.82) is 0 Å². The highest BCUT2D eigenvalue weighted by Gasteiger charge is 2.20. The summed E-state index contributed by atoms with van der Waals surface area (Å²) < 4.78 is 0. The Bertz CT molecular complexity index is 866. The number of amides is 3. The van der Waals surface area contributed by atoms with Crippen molar-refractivity contribution in [2.75, 3.05) is 36.8 Å². The summed E-state index contributed by atoms with van der Waals surface area (Å²) in [4.78, 5) is 38.2. The average Bonchev–Trinajstić information content (AvgIpc) is 2.62. The molecule has 3 amide bonds. The second-order valence-electron chi connectivity index (χ2n) is 6.48. The van der Waals surface area contributed by atoms with Gasteiger partial charge in [-0.3, -0.25) is 19.3 Å². The lowest BCUT2D eigenvalue weighted by Gasteiger charge is -2.25. The second-order valence-corrected chi connectivity index (χ2v) is 6.48. The molecule has 1 fully saturated rings. The first-order chi connectivity index (χ1) is 13.0. The van der Waals surface area contributed by atoms with Crippen LogP contribution in [-0.2, 0) is 9.59 Å². The Morgan fingerprint density at radius 2 is 1.93 bits per heavy atom. The van der Waals surface area contributed by atoms with Crippen molar-refractivity contribution in [2.45, 2.75) is 6.92 Å². The molecule has 1 aliphatic heterocycles. The molecule has 2 aromatic rings. The highest BCUT2D eigenvalue weighted by atomic mass is 16.2. The molecule has 0 aliphatic carbocycles. The van der Waals surface area contributed by atoms with Gasteiger partial charge in [-0.15, -0.1) is 0 Å². The van der Waals surface area contributed by atoms with Crippen LogP contribution in [0, 0.1) is 6.92 Å². The number of piperazine rings is 1. The van der Waals surface area contributed by atoms with Crippen LogP contribution in [0.2, 0.25) is 0 Å². The largest absolute Gasteiger partial charge is 0.354 e. The summed E-state index contributed by atoms with van der Waals surface area (Å²) in [5, 5.41) is 8.34. The third kappa shape index (κ3) is 5.15. The van der Waals surface area contributed by atoms with Crippen LogP contribution in [0.5, 0.6) is 0 Å². The van der Waals surface area contributed by atoms with Crippen molar-refractivity contribution < 1.29 is 14.4 Å². The number of benzene rings is 2. The Morgan fingerprint density at radius 3 is 2.70 bits per heavy atom. The summed E-state index contributed by atoms with van der Waals surface area (Å²) in [7, 11) is 0. The van der Waals surface area contributed by atoms with Gasteiger partial charge in [0.1, 0.15) is 0 Å². The summed E-state index contributed by atoms with van der Waals surface area (Å²) >= 11 is 0. The third-order valence-corrected chi connectivity index (χ3v) is 4.21. The molecule has 3 N–H and O–H groups in total. The van der Waals surface area contributed by atoms with Gasteiger partial charge in [-0.25, -0.2) is 0 Å². The maximum absolute atomic E-state index is 12.6. The standard InChI is InChI=1S/C20H22N4O3/c1-14-5-4-6-15(11-14)22-20(27)16-7-2-3-8-17(16)23-19(26)13-24-10-9-21-18(25)12-24/h2-8,11H,9-10,12-13H2,1H3,(H,21,25)(H,22,27)(H,23,26). The van der Waals surface area contributed by atoms with E-state index in [1.807, 2.05) is 31.2 Å². The van der Waals surface area contributed by atoms with Gasteiger partial charge in [-0.05, 0) is 36.8 Å². The molecule has 0 aromatic heterocycles. The molecule has 0 bridgehead atoms. The van der Waals surface area contributed by atoms with Gasteiger partial charge in [0.25, 0.3) is 5.91 Å². The van der Waals surface area contributed by atoms with Crippen molar-refractivity contribution in [3.8, 4) is 0 Å². The lowest BCUT2D eigenvalue weighted by molar-refractivity contribution is -0.125. The monoisotopic (exact) mass is 366 g/mol. The summed E-state index contributed by atoms with van der Waals surface area (Å²) in [5.41, 5.74) is 2.55. The zero-order valence-corrected chi connectivity index (χ0v) is 15.1. The number of aryl methyl sites for hydroxylation is 1. The Hall–Kier alpha value is -3.19. The highest BCUT2D eigenvalue weighted by Crippen LogP contribution is 2.18. The van der Waals surface area contributed by atoms with Crippen LogP contribution in [-0.4, -0.2) is 48.8 Å². The lowest BCUT2D eigenvalue weighted by Crippen LogP contribution is -2.49. The number of carbonyl (C=O) groups is 3. The molecule has 0 unspecified atom stereocenters. The van der Waals surface area contributed by atoms with E-state index in [1.54, 1.807) is 29.2 Å². The summed E-state index contributed by atoms with van der Waals surface area (Å²) in [5.74, 6) is -0.652. The first-order valence-electron chi connectivity index (χ1n) is 8.77. The summed E-state index contributed by atoms with van der Waals surface area (Å²) in [6, 6.07) is 14.4. The molecule has 0 atom stereocenters. The van der Waals surface area contributed by atoms with Gasteiger partial charge in [0, 0.05) is 18.8 Å². The molecule has 2 aromatic carbocycles. The van der Waals surface area contributed by atoms with E-state index >= 15 is 0 Å². The quantitative estimate of drug-likeness (QED) is 0.750. The molecular formula is C20H22N4O3. The van der Waals surface area contributed by atoms with Crippen molar-refractivity contribution >= 4 is 29.1 Å². The van der Waals surface area contributed by atoms with E-state index < -0.39 is 0 Å². The molecule has 7 heteroatoms. The molecule has 0 radical (unpaired) electrons. The van der Waals surface area contributed by atoms with E-state index in [9.17, 15) is 14.4 Å². The number of hydrogen-bond donors (Lipinski definition) is 3. The smallest absolute Gasteiger partial charge is 0.257 e. The van der Waals surface area contributed by atoms with Gasteiger partial charge in [0.2, 0.25) is 11.8 Å². The first-order valence-corrected chi connectivity index (χ1v) is 8.77. The first kappa shape index (κ1) is 18.6. The second kappa shape index (κ2) is 8.46. The Labute approximate surface area is 157 Å². The van der Waals surface area contributed by atoms with Gasteiger partial charge < -0.3 is 16.0 Å². The number of hydrogen-bond acceptors (Lipinski definition) is 4. The van der Waals surface area contributed by atoms with Crippen molar-refractivity contribution in [3.05, 3.63) is 59.7 Å². The fraction of sp³-hybridized carbons (Fsp3) is 0.250. The lowest BCUT2D eigenvalue weighted by atomic mass is 10.1. The minimum atomic E-state index is -0.297. The van der Waals surface area contributed by atoms with Crippen LogP contribution in [0.15, 0.2) is 48.5 Å². The molecule has 0 spiro atoms. The number of rotatable bonds is 5. The van der Waals surface area contributed by atoms with Crippen LogP contribution in [0.1, 0.15) is 15.9 Å². The third-order valence-electron chi connectivity index (χ3n) is 4.21. The van der Waals surface area contributed by atoms with E-state index in [4.69, 9.17) is 0 Å².